The Morgan fingerprint density at radius 3 is 2.60 bits per heavy atom. The molecule has 1 aliphatic rings. The van der Waals surface area contributed by atoms with E-state index in [4.69, 9.17) is 0 Å². The molecular formula is C7H15NOS. The van der Waals surface area contributed by atoms with Crippen LogP contribution in [0, 0.1) is 0 Å². The number of hydrogen-bond donors (Lipinski definition) is 1. The molecule has 0 atom stereocenters. The fraction of sp³-hybridized carbons (Fsp3) is 1.00. The van der Waals surface area contributed by atoms with Crippen LogP contribution in [-0.4, -0.2) is 47.3 Å². The van der Waals surface area contributed by atoms with Crippen LogP contribution in [0.15, 0.2) is 0 Å². The van der Waals surface area contributed by atoms with Crippen molar-refractivity contribution in [3.8, 4) is 0 Å². The van der Waals surface area contributed by atoms with E-state index in [-0.39, 0.29) is 0 Å². The number of β-amino-alcohol motifs (C(OH)–C–C–N with tert-alkyl or cyclic N) is 1. The number of likely N-dealkylation sites (tertiary alicyclic amines) is 1. The van der Waals surface area contributed by atoms with Crippen LogP contribution in [0.2, 0.25) is 0 Å². The maximum Gasteiger partial charge on any atom is 0.0872 e. The summed E-state index contributed by atoms with van der Waals surface area (Å²) in [6.45, 7) is 4.72. The summed E-state index contributed by atoms with van der Waals surface area (Å²) in [5.41, 5.74) is -0.390. The van der Waals surface area contributed by atoms with E-state index in [0.29, 0.717) is 0 Å². The van der Waals surface area contributed by atoms with Crippen LogP contribution in [0.1, 0.15) is 6.92 Å². The summed E-state index contributed by atoms with van der Waals surface area (Å²) >= 11 is 1.86. The van der Waals surface area contributed by atoms with Crippen LogP contribution >= 0.6 is 11.8 Å². The molecule has 0 spiro atoms. The second kappa shape index (κ2) is 3.11. The number of rotatable bonds is 3. The fourth-order valence-electron chi connectivity index (χ4n) is 1.30. The smallest absolute Gasteiger partial charge is 0.0872 e. The maximum absolute atomic E-state index is 9.33. The largest absolute Gasteiger partial charge is 0.388 e. The van der Waals surface area contributed by atoms with Crippen LogP contribution in [0.4, 0.5) is 0 Å². The summed E-state index contributed by atoms with van der Waals surface area (Å²) in [5.74, 6) is 1.18. The standard InChI is InChI=1S/C7H15NOS/c1-7(9)5-8(6-7)3-4-10-2/h9H,3-6H2,1-2H3. The van der Waals surface area contributed by atoms with Crippen molar-refractivity contribution in [2.24, 2.45) is 0 Å². The van der Waals surface area contributed by atoms with E-state index in [2.05, 4.69) is 11.2 Å². The number of thioether (sulfide) groups is 1. The van der Waals surface area contributed by atoms with Gasteiger partial charge in [0, 0.05) is 25.4 Å². The van der Waals surface area contributed by atoms with Crippen LogP contribution in [0.3, 0.4) is 0 Å². The molecule has 60 valence electrons. The Kier molecular flexibility index (Phi) is 2.61. The van der Waals surface area contributed by atoms with Gasteiger partial charge < -0.3 is 5.11 Å². The van der Waals surface area contributed by atoms with Gasteiger partial charge in [-0.2, -0.15) is 11.8 Å². The highest BCUT2D eigenvalue weighted by Crippen LogP contribution is 2.19. The number of nitrogens with zero attached hydrogens (tertiary/aromatic N) is 1. The van der Waals surface area contributed by atoms with E-state index in [9.17, 15) is 5.11 Å². The SMILES string of the molecule is CSCCN1CC(C)(O)C1. The summed E-state index contributed by atoms with van der Waals surface area (Å²) in [7, 11) is 0. The van der Waals surface area contributed by atoms with Crippen molar-refractivity contribution in [3.63, 3.8) is 0 Å². The van der Waals surface area contributed by atoms with Gasteiger partial charge in [0.1, 0.15) is 0 Å². The lowest BCUT2D eigenvalue weighted by molar-refractivity contribution is -0.0801. The molecule has 3 heteroatoms. The third kappa shape index (κ3) is 2.15. The third-order valence-corrected chi connectivity index (χ3v) is 2.33. The maximum atomic E-state index is 9.33. The van der Waals surface area contributed by atoms with Gasteiger partial charge in [0.25, 0.3) is 0 Å². The van der Waals surface area contributed by atoms with E-state index in [1.165, 1.54) is 5.75 Å². The van der Waals surface area contributed by atoms with Gasteiger partial charge in [0.2, 0.25) is 0 Å². The minimum absolute atomic E-state index is 0.390. The molecule has 1 saturated heterocycles. The molecular weight excluding hydrogens is 146 g/mol. The molecule has 0 aromatic rings. The summed E-state index contributed by atoms with van der Waals surface area (Å²) in [4.78, 5) is 2.27. The number of aliphatic hydroxyl groups is 1. The average Bonchev–Trinajstić information content (AvgIpc) is 1.78. The van der Waals surface area contributed by atoms with Crippen LogP contribution < -0.4 is 0 Å². The lowest BCUT2D eigenvalue weighted by Crippen LogP contribution is -2.60. The van der Waals surface area contributed by atoms with E-state index in [1.807, 2.05) is 18.7 Å². The molecule has 0 unspecified atom stereocenters. The summed E-state index contributed by atoms with van der Waals surface area (Å²) in [6.07, 6.45) is 2.11. The molecule has 1 rings (SSSR count). The van der Waals surface area contributed by atoms with Gasteiger partial charge in [-0.05, 0) is 13.2 Å². The molecule has 0 amide bonds. The first-order valence-corrected chi connectivity index (χ1v) is 4.97. The van der Waals surface area contributed by atoms with Gasteiger partial charge in [-0.25, -0.2) is 0 Å². The zero-order valence-electron chi connectivity index (χ0n) is 6.63. The highest BCUT2D eigenvalue weighted by atomic mass is 32.2. The first-order valence-electron chi connectivity index (χ1n) is 3.58. The Bertz CT molecular complexity index is 108. The molecule has 1 heterocycles. The minimum Gasteiger partial charge on any atom is -0.388 e. The Hall–Kier alpha value is 0.270. The number of hydrogen-bond acceptors (Lipinski definition) is 3. The Morgan fingerprint density at radius 2 is 2.20 bits per heavy atom. The van der Waals surface area contributed by atoms with Crippen molar-refractivity contribution in [1.82, 2.24) is 4.90 Å². The van der Waals surface area contributed by atoms with Crippen molar-refractivity contribution in [3.05, 3.63) is 0 Å². The zero-order chi connectivity index (χ0) is 7.61. The minimum atomic E-state index is -0.390. The molecule has 0 aromatic heterocycles. The van der Waals surface area contributed by atoms with Crippen LogP contribution in [-0.2, 0) is 0 Å². The van der Waals surface area contributed by atoms with Crippen molar-refractivity contribution < 1.29 is 5.11 Å². The molecule has 0 bridgehead atoms. The van der Waals surface area contributed by atoms with Crippen molar-refractivity contribution in [1.29, 1.82) is 0 Å². The van der Waals surface area contributed by atoms with Gasteiger partial charge in [-0.15, -0.1) is 0 Å². The molecule has 2 nitrogen and oxygen atoms in total. The van der Waals surface area contributed by atoms with Gasteiger partial charge in [0.05, 0.1) is 5.60 Å². The second-order valence-electron chi connectivity index (χ2n) is 3.20. The van der Waals surface area contributed by atoms with Gasteiger partial charge in [0.15, 0.2) is 0 Å². The Morgan fingerprint density at radius 1 is 1.60 bits per heavy atom. The summed E-state index contributed by atoms with van der Waals surface area (Å²) in [6, 6.07) is 0. The predicted molar refractivity (Wildman–Crippen MR) is 45.4 cm³/mol. The van der Waals surface area contributed by atoms with E-state index >= 15 is 0 Å². The zero-order valence-corrected chi connectivity index (χ0v) is 7.45. The third-order valence-electron chi connectivity index (χ3n) is 1.74. The van der Waals surface area contributed by atoms with E-state index < -0.39 is 5.60 Å². The predicted octanol–water partition coefficient (Wildman–Crippen LogP) is 0.416. The molecule has 0 aromatic carbocycles. The van der Waals surface area contributed by atoms with E-state index in [0.717, 1.165) is 19.6 Å². The summed E-state index contributed by atoms with van der Waals surface area (Å²) < 4.78 is 0. The fourth-order valence-corrected chi connectivity index (χ4v) is 1.74. The quantitative estimate of drug-likeness (QED) is 0.649. The van der Waals surface area contributed by atoms with E-state index in [1.54, 1.807) is 0 Å². The molecule has 0 saturated carbocycles. The second-order valence-corrected chi connectivity index (χ2v) is 4.19. The lowest BCUT2D eigenvalue weighted by Gasteiger charge is -2.44. The highest BCUT2D eigenvalue weighted by Gasteiger charge is 2.35. The normalized spacial score (nSPS) is 24.3. The first kappa shape index (κ1) is 8.37. The van der Waals surface area contributed by atoms with Crippen LogP contribution in [0.5, 0.6) is 0 Å². The van der Waals surface area contributed by atoms with Crippen molar-refractivity contribution in [2.75, 3.05) is 31.6 Å². The summed E-state index contributed by atoms with van der Waals surface area (Å²) in [5, 5.41) is 9.33. The Labute approximate surface area is 66.6 Å². The monoisotopic (exact) mass is 161 g/mol. The van der Waals surface area contributed by atoms with Gasteiger partial charge in [-0.3, -0.25) is 4.90 Å². The van der Waals surface area contributed by atoms with Crippen molar-refractivity contribution >= 4 is 11.8 Å². The van der Waals surface area contributed by atoms with Crippen molar-refractivity contribution in [2.45, 2.75) is 12.5 Å². The topological polar surface area (TPSA) is 23.5 Å². The molecule has 1 fully saturated rings. The van der Waals surface area contributed by atoms with Crippen LogP contribution in [0.25, 0.3) is 0 Å². The first-order chi connectivity index (χ1) is 4.64. The van der Waals surface area contributed by atoms with Gasteiger partial charge in [-0.1, -0.05) is 0 Å². The molecule has 0 radical (unpaired) electrons. The van der Waals surface area contributed by atoms with Gasteiger partial charge >= 0.3 is 0 Å². The highest BCUT2D eigenvalue weighted by molar-refractivity contribution is 7.98. The molecule has 1 aliphatic heterocycles. The molecule has 1 N–H and O–H groups in total. The molecule has 0 aliphatic carbocycles. The average molecular weight is 161 g/mol. The Balaban J connectivity index is 2.03. The lowest BCUT2D eigenvalue weighted by atomic mass is 9.97. The molecule has 10 heavy (non-hydrogen) atoms.